The summed E-state index contributed by atoms with van der Waals surface area (Å²) < 4.78 is 16.7. The van der Waals surface area contributed by atoms with Gasteiger partial charge in [-0.15, -0.1) is 0 Å². The van der Waals surface area contributed by atoms with Crippen molar-refractivity contribution in [3.8, 4) is 0 Å². The van der Waals surface area contributed by atoms with Crippen LogP contribution in [0.2, 0.25) is 0 Å². The Hall–Kier alpha value is -2.11. The molecule has 0 bridgehead atoms. The van der Waals surface area contributed by atoms with Gasteiger partial charge in [0.05, 0.1) is 0 Å². The molecule has 136 valence electrons. The Kier molecular flexibility index (Phi) is 7.70. The Bertz CT molecular complexity index is 581. The summed E-state index contributed by atoms with van der Waals surface area (Å²) >= 11 is 0. The molecule has 1 aliphatic heterocycles. The second-order valence-electron chi connectivity index (χ2n) is 5.83. The molecule has 0 saturated heterocycles. The number of benzene rings is 1. The Labute approximate surface area is 148 Å². The lowest BCUT2D eigenvalue weighted by atomic mass is 9.80. The Morgan fingerprint density at radius 1 is 1.36 bits per heavy atom. The van der Waals surface area contributed by atoms with E-state index in [0.29, 0.717) is 13.0 Å². The fraction of sp³-hybridized carbons (Fsp3) is 0.450. The Balaban J connectivity index is 2.34. The monoisotopic (exact) mass is 346 g/mol. The van der Waals surface area contributed by atoms with E-state index in [4.69, 9.17) is 14.2 Å². The van der Waals surface area contributed by atoms with Gasteiger partial charge >= 0.3 is 5.97 Å². The number of hydrogen-bond donors (Lipinski definition) is 1. The number of hydrogen-bond acceptors (Lipinski definition) is 5. The van der Waals surface area contributed by atoms with Gasteiger partial charge in [-0.25, -0.2) is 4.79 Å². The van der Waals surface area contributed by atoms with E-state index < -0.39 is 12.3 Å². The SMILES string of the molecule is C=CCOC(=O)C1=C[C@@H](c2ccccc2)[C@@H](CCCO)[C@H](OCC)O1. The quantitative estimate of drug-likeness (QED) is 0.550. The van der Waals surface area contributed by atoms with Crippen LogP contribution in [0.15, 0.2) is 54.8 Å². The van der Waals surface area contributed by atoms with Crippen molar-refractivity contribution in [1.82, 2.24) is 0 Å². The minimum Gasteiger partial charge on any atom is -0.457 e. The standard InChI is InChI=1S/C20H26O5/c1-3-13-24-19(22)18-14-17(15-9-6-5-7-10-15)16(11-8-12-21)20(25-18)23-4-2/h3,5-7,9-10,14,16-17,20-21H,1,4,8,11-13H2,2H3/t16-,17+,20-/m1/s1. The number of ether oxygens (including phenoxy) is 3. The third kappa shape index (κ3) is 5.18. The Morgan fingerprint density at radius 2 is 2.12 bits per heavy atom. The van der Waals surface area contributed by atoms with Crippen LogP contribution in [0.25, 0.3) is 0 Å². The van der Waals surface area contributed by atoms with Crippen LogP contribution in [0.3, 0.4) is 0 Å². The van der Waals surface area contributed by atoms with E-state index in [1.54, 1.807) is 6.08 Å². The van der Waals surface area contributed by atoms with Crippen LogP contribution in [0.1, 0.15) is 31.2 Å². The van der Waals surface area contributed by atoms with Gasteiger partial charge < -0.3 is 19.3 Å². The second kappa shape index (κ2) is 10.0. The highest BCUT2D eigenvalue weighted by molar-refractivity contribution is 5.86. The molecule has 0 unspecified atom stereocenters. The summed E-state index contributed by atoms with van der Waals surface area (Å²) in [4.78, 5) is 12.2. The summed E-state index contributed by atoms with van der Waals surface area (Å²) in [7, 11) is 0. The molecule has 5 heteroatoms. The largest absolute Gasteiger partial charge is 0.457 e. The number of carbonyl (C=O) groups is 1. The molecular weight excluding hydrogens is 320 g/mol. The average Bonchev–Trinajstić information content (AvgIpc) is 2.65. The molecule has 0 fully saturated rings. The third-order valence-electron chi connectivity index (χ3n) is 4.13. The van der Waals surface area contributed by atoms with Crippen molar-refractivity contribution in [3.63, 3.8) is 0 Å². The molecule has 0 spiro atoms. The number of carbonyl (C=O) groups excluding carboxylic acids is 1. The number of aliphatic hydroxyl groups is 1. The summed E-state index contributed by atoms with van der Waals surface area (Å²) in [6.07, 6.45) is 4.13. The van der Waals surface area contributed by atoms with Crippen LogP contribution in [-0.4, -0.2) is 37.2 Å². The lowest BCUT2D eigenvalue weighted by molar-refractivity contribution is -0.175. The first-order chi connectivity index (χ1) is 12.2. The van der Waals surface area contributed by atoms with Gasteiger partial charge in [-0.05, 0) is 31.4 Å². The highest BCUT2D eigenvalue weighted by atomic mass is 16.7. The number of esters is 1. The third-order valence-corrected chi connectivity index (χ3v) is 4.13. The smallest absolute Gasteiger partial charge is 0.373 e. The molecule has 0 aromatic heterocycles. The van der Waals surface area contributed by atoms with Crippen LogP contribution in [0.4, 0.5) is 0 Å². The molecule has 25 heavy (non-hydrogen) atoms. The van der Waals surface area contributed by atoms with Crippen LogP contribution in [0.5, 0.6) is 0 Å². The van der Waals surface area contributed by atoms with Crippen molar-refractivity contribution < 1.29 is 24.1 Å². The fourth-order valence-electron chi connectivity index (χ4n) is 3.01. The normalized spacial score (nSPS) is 22.6. The van der Waals surface area contributed by atoms with E-state index >= 15 is 0 Å². The summed E-state index contributed by atoms with van der Waals surface area (Å²) in [6.45, 7) is 6.13. The first-order valence-corrected chi connectivity index (χ1v) is 8.65. The molecule has 0 radical (unpaired) electrons. The maximum Gasteiger partial charge on any atom is 0.373 e. The van der Waals surface area contributed by atoms with Crippen molar-refractivity contribution in [2.45, 2.75) is 32.0 Å². The molecule has 1 N–H and O–H groups in total. The summed E-state index contributed by atoms with van der Waals surface area (Å²) in [5, 5.41) is 9.23. The highest BCUT2D eigenvalue weighted by Crippen LogP contribution is 2.39. The van der Waals surface area contributed by atoms with Gasteiger partial charge in [0, 0.05) is 25.0 Å². The molecule has 1 heterocycles. The molecule has 1 aromatic carbocycles. The van der Waals surface area contributed by atoms with Gasteiger partial charge in [-0.2, -0.15) is 0 Å². The van der Waals surface area contributed by atoms with Crippen molar-refractivity contribution in [2.24, 2.45) is 5.92 Å². The first-order valence-electron chi connectivity index (χ1n) is 8.65. The topological polar surface area (TPSA) is 65.0 Å². The van der Waals surface area contributed by atoms with E-state index in [1.807, 2.05) is 37.3 Å². The highest BCUT2D eigenvalue weighted by Gasteiger charge is 2.38. The van der Waals surface area contributed by atoms with Crippen molar-refractivity contribution in [3.05, 3.63) is 60.4 Å². The van der Waals surface area contributed by atoms with Crippen molar-refractivity contribution >= 4 is 5.97 Å². The van der Waals surface area contributed by atoms with Gasteiger partial charge in [0.1, 0.15) is 6.61 Å². The van der Waals surface area contributed by atoms with E-state index in [9.17, 15) is 9.90 Å². The molecule has 2 rings (SSSR count). The van der Waals surface area contributed by atoms with Gasteiger partial charge in [-0.3, -0.25) is 0 Å². The molecular formula is C20H26O5. The van der Waals surface area contributed by atoms with Crippen LogP contribution >= 0.6 is 0 Å². The summed E-state index contributed by atoms with van der Waals surface area (Å²) in [5.41, 5.74) is 1.08. The molecule has 0 saturated carbocycles. The molecule has 1 aromatic rings. The van der Waals surface area contributed by atoms with Gasteiger partial charge in [0.25, 0.3) is 0 Å². The lowest BCUT2D eigenvalue weighted by Gasteiger charge is -2.36. The number of aliphatic hydroxyl groups excluding tert-OH is 1. The molecule has 0 amide bonds. The number of allylic oxidation sites excluding steroid dienone is 1. The molecule has 0 aliphatic carbocycles. The van der Waals surface area contributed by atoms with Crippen LogP contribution in [-0.2, 0) is 19.0 Å². The maximum absolute atomic E-state index is 12.2. The predicted molar refractivity (Wildman–Crippen MR) is 94.7 cm³/mol. The minimum atomic E-state index is -0.557. The lowest BCUT2D eigenvalue weighted by Crippen LogP contribution is -2.36. The van der Waals surface area contributed by atoms with Crippen molar-refractivity contribution in [1.29, 1.82) is 0 Å². The Morgan fingerprint density at radius 3 is 2.76 bits per heavy atom. The fourth-order valence-corrected chi connectivity index (χ4v) is 3.01. The van der Waals surface area contributed by atoms with Gasteiger partial charge in [0.2, 0.25) is 12.0 Å². The number of rotatable bonds is 9. The summed E-state index contributed by atoms with van der Waals surface area (Å²) in [6, 6.07) is 9.93. The van der Waals surface area contributed by atoms with E-state index in [-0.39, 0.29) is 30.8 Å². The molecule has 3 atom stereocenters. The second-order valence-corrected chi connectivity index (χ2v) is 5.83. The molecule has 1 aliphatic rings. The van der Waals surface area contributed by atoms with Gasteiger partial charge in [-0.1, -0.05) is 43.0 Å². The zero-order valence-corrected chi connectivity index (χ0v) is 14.6. The van der Waals surface area contributed by atoms with Crippen LogP contribution in [0, 0.1) is 5.92 Å². The summed E-state index contributed by atoms with van der Waals surface area (Å²) in [5.74, 6) is -0.407. The minimum absolute atomic E-state index is 0.00505. The first kappa shape index (κ1) is 19.2. The van der Waals surface area contributed by atoms with E-state index in [0.717, 1.165) is 12.0 Å². The van der Waals surface area contributed by atoms with E-state index in [1.165, 1.54) is 6.08 Å². The zero-order valence-electron chi connectivity index (χ0n) is 14.6. The predicted octanol–water partition coefficient (Wildman–Crippen LogP) is 3.16. The zero-order chi connectivity index (χ0) is 18.1. The van der Waals surface area contributed by atoms with Crippen molar-refractivity contribution in [2.75, 3.05) is 19.8 Å². The molecule has 5 nitrogen and oxygen atoms in total. The van der Waals surface area contributed by atoms with Gasteiger partial charge in [0.15, 0.2) is 0 Å². The maximum atomic E-state index is 12.2. The van der Waals surface area contributed by atoms with Crippen LogP contribution < -0.4 is 0 Å². The average molecular weight is 346 g/mol. The van der Waals surface area contributed by atoms with E-state index in [2.05, 4.69) is 6.58 Å².